The van der Waals surface area contributed by atoms with Crippen molar-refractivity contribution < 1.29 is 13.3 Å². The molecule has 0 aliphatic carbocycles. The van der Waals surface area contributed by atoms with E-state index < -0.39 is 6.17 Å². The van der Waals surface area contributed by atoms with Gasteiger partial charge in [-0.1, -0.05) is 0 Å². The molecule has 0 saturated heterocycles. The molecule has 100 valence electrons. The number of nitrogens with zero attached hydrogens (tertiary/aromatic N) is 2. The zero-order valence-corrected chi connectivity index (χ0v) is 10.5. The highest BCUT2D eigenvalue weighted by Crippen LogP contribution is 2.19. The van der Waals surface area contributed by atoms with Gasteiger partial charge in [0, 0.05) is 11.8 Å². The monoisotopic (exact) mass is 268 g/mol. The number of furan rings is 3. The molecule has 0 fully saturated rings. The lowest BCUT2D eigenvalue weighted by Gasteiger charge is -2.02. The molecule has 5 nitrogen and oxygen atoms in total. The summed E-state index contributed by atoms with van der Waals surface area (Å²) in [6, 6.07) is 9.08. The van der Waals surface area contributed by atoms with E-state index in [-0.39, 0.29) is 0 Å². The highest BCUT2D eigenvalue weighted by atomic mass is 16.3. The average molecular weight is 268 g/mol. The Morgan fingerprint density at radius 2 is 1.75 bits per heavy atom. The maximum absolute atomic E-state index is 5.35. The molecule has 3 aromatic heterocycles. The molecular weight excluding hydrogens is 256 g/mol. The van der Waals surface area contributed by atoms with E-state index in [2.05, 4.69) is 9.98 Å². The summed E-state index contributed by atoms with van der Waals surface area (Å²) in [5, 5.41) is 0. The van der Waals surface area contributed by atoms with Gasteiger partial charge in [-0.15, -0.1) is 0 Å². The molecule has 0 aliphatic heterocycles. The first kappa shape index (κ1) is 12.2. The Kier molecular flexibility index (Phi) is 3.59. The molecule has 0 saturated carbocycles. The molecule has 0 amide bonds. The van der Waals surface area contributed by atoms with Crippen LogP contribution in [0.5, 0.6) is 0 Å². The van der Waals surface area contributed by atoms with Crippen LogP contribution in [0.3, 0.4) is 0 Å². The van der Waals surface area contributed by atoms with Gasteiger partial charge in [0.2, 0.25) is 0 Å². The highest BCUT2D eigenvalue weighted by Gasteiger charge is 2.09. The Hall–Kier alpha value is -2.82. The van der Waals surface area contributed by atoms with Gasteiger partial charge in [-0.2, -0.15) is 0 Å². The van der Waals surface area contributed by atoms with Crippen molar-refractivity contribution in [2.75, 3.05) is 0 Å². The third kappa shape index (κ3) is 2.95. The molecule has 5 heteroatoms. The SMILES string of the molecule is C(=N\C(/N=C/c1ccco1)c1ccco1)/c1ccoc1. The summed E-state index contributed by atoms with van der Waals surface area (Å²) in [7, 11) is 0. The summed E-state index contributed by atoms with van der Waals surface area (Å²) in [4.78, 5) is 8.76. The summed E-state index contributed by atoms with van der Waals surface area (Å²) in [6.45, 7) is 0. The molecule has 3 rings (SSSR count). The maximum atomic E-state index is 5.35. The van der Waals surface area contributed by atoms with E-state index in [1.165, 1.54) is 0 Å². The van der Waals surface area contributed by atoms with Gasteiger partial charge in [-0.05, 0) is 30.3 Å². The van der Waals surface area contributed by atoms with Crippen LogP contribution in [0, 0.1) is 0 Å². The molecule has 1 atom stereocenters. The van der Waals surface area contributed by atoms with Gasteiger partial charge in [-0.25, -0.2) is 0 Å². The molecule has 3 aromatic rings. The Labute approximate surface area is 115 Å². The molecule has 0 spiro atoms. The summed E-state index contributed by atoms with van der Waals surface area (Å²) in [5.41, 5.74) is 0.870. The Morgan fingerprint density at radius 3 is 2.45 bits per heavy atom. The Balaban J connectivity index is 1.81. The van der Waals surface area contributed by atoms with E-state index in [1.54, 1.807) is 49.6 Å². The standard InChI is InChI=1S/C15H12N2O3/c1-3-13(19-6-1)10-17-15(14-4-2-7-20-14)16-9-12-5-8-18-11-12/h1-11,15H/b16-9+,17-10+. The third-order valence-corrected chi connectivity index (χ3v) is 2.59. The number of hydrogen-bond acceptors (Lipinski definition) is 5. The summed E-state index contributed by atoms with van der Waals surface area (Å²) >= 11 is 0. The van der Waals surface area contributed by atoms with E-state index in [1.807, 2.05) is 18.2 Å². The molecule has 1 unspecified atom stereocenters. The van der Waals surface area contributed by atoms with Crippen molar-refractivity contribution in [1.29, 1.82) is 0 Å². The fraction of sp³-hybridized carbons (Fsp3) is 0.0667. The second-order valence-electron chi connectivity index (χ2n) is 4.02. The van der Waals surface area contributed by atoms with Crippen molar-refractivity contribution in [1.82, 2.24) is 0 Å². The zero-order chi connectivity index (χ0) is 13.6. The first-order chi connectivity index (χ1) is 9.92. The Bertz CT molecular complexity index is 621. The first-order valence-electron chi connectivity index (χ1n) is 6.07. The maximum Gasteiger partial charge on any atom is 0.197 e. The highest BCUT2D eigenvalue weighted by molar-refractivity contribution is 5.79. The molecule has 3 heterocycles. The third-order valence-electron chi connectivity index (χ3n) is 2.59. The lowest BCUT2D eigenvalue weighted by molar-refractivity contribution is 0.475. The molecule has 0 bridgehead atoms. The predicted molar refractivity (Wildman–Crippen MR) is 74.1 cm³/mol. The summed E-state index contributed by atoms with van der Waals surface area (Å²) in [6.07, 6.45) is 9.26. The van der Waals surface area contributed by atoms with Crippen LogP contribution in [0.2, 0.25) is 0 Å². The lowest BCUT2D eigenvalue weighted by atomic mass is 10.3. The topological polar surface area (TPSA) is 64.1 Å². The van der Waals surface area contributed by atoms with Gasteiger partial charge >= 0.3 is 0 Å². The largest absolute Gasteiger partial charge is 0.472 e. The molecule has 0 N–H and O–H groups in total. The molecule has 20 heavy (non-hydrogen) atoms. The first-order valence-corrected chi connectivity index (χ1v) is 6.07. The average Bonchev–Trinajstić information content (AvgIpc) is 3.22. The number of hydrogen-bond donors (Lipinski definition) is 0. The smallest absolute Gasteiger partial charge is 0.197 e. The van der Waals surface area contributed by atoms with E-state index in [4.69, 9.17) is 13.3 Å². The fourth-order valence-electron chi connectivity index (χ4n) is 1.64. The van der Waals surface area contributed by atoms with Crippen molar-refractivity contribution in [3.8, 4) is 0 Å². The Morgan fingerprint density at radius 1 is 0.900 bits per heavy atom. The lowest BCUT2D eigenvalue weighted by Crippen LogP contribution is -1.92. The minimum Gasteiger partial charge on any atom is -0.472 e. The van der Waals surface area contributed by atoms with Gasteiger partial charge in [0.25, 0.3) is 0 Å². The van der Waals surface area contributed by atoms with Crippen LogP contribution in [0.15, 0.2) is 78.6 Å². The normalized spacial score (nSPS) is 13.4. The van der Waals surface area contributed by atoms with Gasteiger partial charge in [-0.3, -0.25) is 9.98 Å². The van der Waals surface area contributed by atoms with Gasteiger partial charge in [0.15, 0.2) is 6.17 Å². The van der Waals surface area contributed by atoms with Crippen molar-refractivity contribution in [3.63, 3.8) is 0 Å². The van der Waals surface area contributed by atoms with Gasteiger partial charge in [0.1, 0.15) is 11.5 Å². The van der Waals surface area contributed by atoms with Crippen LogP contribution in [0.25, 0.3) is 0 Å². The number of rotatable bonds is 5. The zero-order valence-electron chi connectivity index (χ0n) is 10.5. The van der Waals surface area contributed by atoms with Crippen LogP contribution in [-0.4, -0.2) is 12.4 Å². The van der Waals surface area contributed by atoms with Crippen molar-refractivity contribution in [2.24, 2.45) is 9.98 Å². The summed E-state index contributed by atoms with van der Waals surface area (Å²) in [5.74, 6) is 1.33. The van der Waals surface area contributed by atoms with Gasteiger partial charge in [0.05, 0.1) is 31.3 Å². The van der Waals surface area contributed by atoms with Crippen molar-refractivity contribution in [2.45, 2.75) is 6.17 Å². The number of aliphatic imine (C=N–C) groups is 2. The van der Waals surface area contributed by atoms with Crippen molar-refractivity contribution in [3.05, 3.63) is 72.5 Å². The molecule has 0 aromatic carbocycles. The van der Waals surface area contributed by atoms with E-state index in [0.717, 1.165) is 5.56 Å². The van der Waals surface area contributed by atoms with Gasteiger partial charge < -0.3 is 13.3 Å². The van der Waals surface area contributed by atoms with Crippen LogP contribution in [0.1, 0.15) is 23.2 Å². The molecule has 0 radical (unpaired) electrons. The van der Waals surface area contributed by atoms with Crippen molar-refractivity contribution >= 4 is 12.4 Å². The second-order valence-corrected chi connectivity index (χ2v) is 4.02. The molecular formula is C15H12N2O3. The quantitative estimate of drug-likeness (QED) is 0.663. The minimum atomic E-state index is -0.454. The fourth-order valence-corrected chi connectivity index (χ4v) is 1.64. The van der Waals surface area contributed by atoms with Crippen LogP contribution >= 0.6 is 0 Å². The molecule has 0 aliphatic rings. The summed E-state index contributed by atoms with van der Waals surface area (Å²) < 4.78 is 15.5. The predicted octanol–water partition coefficient (Wildman–Crippen LogP) is 3.70. The minimum absolute atomic E-state index is 0.454. The van der Waals surface area contributed by atoms with Crippen LogP contribution in [0.4, 0.5) is 0 Å². The van der Waals surface area contributed by atoms with E-state index in [9.17, 15) is 0 Å². The van der Waals surface area contributed by atoms with Crippen LogP contribution in [-0.2, 0) is 0 Å². The second kappa shape index (κ2) is 5.88. The van der Waals surface area contributed by atoms with E-state index >= 15 is 0 Å². The van der Waals surface area contributed by atoms with E-state index in [0.29, 0.717) is 11.5 Å². The van der Waals surface area contributed by atoms with Crippen LogP contribution < -0.4 is 0 Å².